The van der Waals surface area contributed by atoms with Crippen molar-refractivity contribution in [1.29, 1.82) is 0 Å². The summed E-state index contributed by atoms with van der Waals surface area (Å²) in [5, 5.41) is 7.01. The van der Waals surface area contributed by atoms with E-state index >= 15 is 0 Å². The largest absolute Gasteiger partial charge is 0.383 e. The third kappa shape index (κ3) is 6.39. The highest BCUT2D eigenvalue weighted by atomic mass is 16.5. The Morgan fingerprint density at radius 1 is 1.32 bits per heavy atom. The van der Waals surface area contributed by atoms with Gasteiger partial charge in [-0.3, -0.25) is 9.59 Å². The second-order valence-electron chi connectivity index (χ2n) is 5.97. The molecule has 0 saturated carbocycles. The number of methoxy groups -OCH3 is 1. The molecule has 1 amide bonds. The summed E-state index contributed by atoms with van der Waals surface area (Å²) in [6.45, 7) is 7.08. The number of nitrogens with one attached hydrogen (secondary N) is 1. The van der Waals surface area contributed by atoms with Gasteiger partial charge in [0.15, 0.2) is 0 Å². The Balaban J connectivity index is 2.59. The highest BCUT2D eigenvalue weighted by molar-refractivity contribution is 5.92. The van der Waals surface area contributed by atoms with Crippen LogP contribution in [0.5, 0.6) is 0 Å². The van der Waals surface area contributed by atoms with E-state index < -0.39 is 0 Å². The molecule has 1 unspecified atom stereocenters. The number of aromatic nitrogens is 2. The van der Waals surface area contributed by atoms with Gasteiger partial charge in [0.2, 0.25) is 0 Å². The summed E-state index contributed by atoms with van der Waals surface area (Å²) >= 11 is 0. The van der Waals surface area contributed by atoms with E-state index in [2.05, 4.69) is 24.3 Å². The van der Waals surface area contributed by atoms with Crippen molar-refractivity contribution in [3.63, 3.8) is 0 Å². The normalized spacial score (nSPS) is 12.4. The first-order valence-electron chi connectivity index (χ1n) is 7.82. The topological polar surface area (TPSA) is 73.2 Å². The SMILES string of the molecule is COCCn1nc(C(=O)NC(C)CCCC(C)C)ccc1=O. The average Bonchev–Trinajstić information content (AvgIpc) is 2.45. The Bertz CT molecular complexity index is 526. The van der Waals surface area contributed by atoms with E-state index in [9.17, 15) is 9.59 Å². The van der Waals surface area contributed by atoms with Gasteiger partial charge in [-0.15, -0.1) is 0 Å². The molecule has 0 saturated heterocycles. The summed E-state index contributed by atoms with van der Waals surface area (Å²) in [7, 11) is 1.56. The summed E-state index contributed by atoms with van der Waals surface area (Å²) in [4.78, 5) is 23.8. The van der Waals surface area contributed by atoms with Crippen LogP contribution in [0.15, 0.2) is 16.9 Å². The number of hydrogen-bond acceptors (Lipinski definition) is 4. The number of amides is 1. The number of carbonyl (C=O) groups is 1. The maximum atomic E-state index is 12.2. The predicted molar refractivity (Wildman–Crippen MR) is 86.0 cm³/mol. The molecule has 0 fully saturated rings. The molecule has 1 atom stereocenters. The molecule has 22 heavy (non-hydrogen) atoms. The fraction of sp³-hybridized carbons (Fsp3) is 0.688. The van der Waals surface area contributed by atoms with Crippen molar-refractivity contribution in [1.82, 2.24) is 15.1 Å². The molecule has 1 rings (SSSR count). The van der Waals surface area contributed by atoms with Crippen LogP contribution >= 0.6 is 0 Å². The van der Waals surface area contributed by atoms with Crippen molar-refractivity contribution in [3.8, 4) is 0 Å². The van der Waals surface area contributed by atoms with Crippen molar-refractivity contribution in [2.24, 2.45) is 5.92 Å². The molecule has 6 heteroatoms. The minimum absolute atomic E-state index is 0.0902. The van der Waals surface area contributed by atoms with Crippen LogP contribution in [0.1, 0.15) is 50.5 Å². The molecular weight excluding hydrogens is 282 g/mol. The van der Waals surface area contributed by atoms with Crippen molar-refractivity contribution in [2.75, 3.05) is 13.7 Å². The average molecular weight is 309 g/mol. The minimum atomic E-state index is -0.247. The fourth-order valence-electron chi connectivity index (χ4n) is 2.11. The molecule has 1 heterocycles. The molecule has 0 aliphatic rings. The van der Waals surface area contributed by atoms with Crippen LogP contribution in [0.4, 0.5) is 0 Å². The maximum Gasteiger partial charge on any atom is 0.271 e. The first-order valence-corrected chi connectivity index (χ1v) is 7.82. The summed E-state index contributed by atoms with van der Waals surface area (Å²) in [6.07, 6.45) is 3.17. The Hall–Kier alpha value is -1.69. The molecule has 124 valence electrons. The number of rotatable bonds is 9. The Labute approximate surface area is 131 Å². The molecule has 0 aromatic carbocycles. The van der Waals surface area contributed by atoms with E-state index in [1.807, 2.05) is 6.92 Å². The molecule has 0 bridgehead atoms. The lowest BCUT2D eigenvalue weighted by Crippen LogP contribution is -2.35. The van der Waals surface area contributed by atoms with Crippen LogP contribution in [0.3, 0.4) is 0 Å². The van der Waals surface area contributed by atoms with Crippen LogP contribution in [0.25, 0.3) is 0 Å². The van der Waals surface area contributed by atoms with Crippen molar-refractivity contribution >= 4 is 5.91 Å². The van der Waals surface area contributed by atoms with Crippen LogP contribution < -0.4 is 10.9 Å². The van der Waals surface area contributed by atoms with Gasteiger partial charge in [0.1, 0.15) is 5.69 Å². The van der Waals surface area contributed by atoms with Gasteiger partial charge in [0, 0.05) is 19.2 Å². The van der Waals surface area contributed by atoms with E-state index in [-0.39, 0.29) is 23.2 Å². The highest BCUT2D eigenvalue weighted by Crippen LogP contribution is 2.08. The van der Waals surface area contributed by atoms with E-state index in [0.29, 0.717) is 19.1 Å². The molecular formula is C16H27N3O3. The number of carbonyl (C=O) groups excluding carboxylic acids is 1. The van der Waals surface area contributed by atoms with E-state index in [4.69, 9.17) is 4.74 Å². The monoisotopic (exact) mass is 309 g/mol. The third-order valence-corrected chi connectivity index (χ3v) is 3.40. The van der Waals surface area contributed by atoms with E-state index in [1.165, 1.54) is 16.8 Å². The van der Waals surface area contributed by atoms with Gasteiger partial charge in [-0.05, 0) is 25.3 Å². The second-order valence-corrected chi connectivity index (χ2v) is 5.97. The zero-order valence-corrected chi connectivity index (χ0v) is 14.0. The summed E-state index contributed by atoms with van der Waals surface area (Å²) in [6, 6.07) is 2.91. The zero-order valence-electron chi connectivity index (χ0n) is 14.0. The molecule has 6 nitrogen and oxygen atoms in total. The lowest BCUT2D eigenvalue weighted by Gasteiger charge is -2.14. The summed E-state index contributed by atoms with van der Waals surface area (Å²) in [5.74, 6) is 0.428. The van der Waals surface area contributed by atoms with Gasteiger partial charge >= 0.3 is 0 Å². The second kappa shape index (κ2) is 9.35. The molecule has 0 spiro atoms. The maximum absolute atomic E-state index is 12.2. The molecule has 0 aliphatic carbocycles. The summed E-state index contributed by atoms with van der Waals surface area (Å²) in [5.41, 5.74) is 0.0185. The van der Waals surface area contributed by atoms with Gasteiger partial charge < -0.3 is 10.1 Å². The van der Waals surface area contributed by atoms with Gasteiger partial charge in [-0.1, -0.05) is 26.7 Å². The molecule has 1 aromatic heterocycles. The predicted octanol–water partition coefficient (Wildman–Crippen LogP) is 1.83. The quantitative estimate of drug-likeness (QED) is 0.755. The fourth-order valence-corrected chi connectivity index (χ4v) is 2.11. The number of nitrogens with zero attached hydrogens (tertiary/aromatic N) is 2. The van der Waals surface area contributed by atoms with E-state index in [0.717, 1.165) is 19.3 Å². The molecule has 1 aromatic rings. The highest BCUT2D eigenvalue weighted by Gasteiger charge is 2.12. The Morgan fingerprint density at radius 2 is 2.05 bits per heavy atom. The van der Waals surface area contributed by atoms with Gasteiger partial charge in [0.05, 0.1) is 13.2 Å². The standard InChI is InChI=1S/C16H27N3O3/c1-12(2)6-5-7-13(3)17-16(21)14-8-9-15(20)19(18-14)10-11-22-4/h8-9,12-13H,5-7,10-11H2,1-4H3,(H,17,21). The van der Waals surface area contributed by atoms with Crippen LogP contribution in [0.2, 0.25) is 0 Å². The van der Waals surface area contributed by atoms with Crippen LogP contribution in [-0.4, -0.2) is 35.4 Å². The van der Waals surface area contributed by atoms with Crippen molar-refractivity contribution in [2.45, 2.75) is 52.6 Å². The molecule has 0 aliphatic heterocycles. The number of hydrogen-bond donors (Lipinski definition) is 1. The Morgan fingerprint density at radius 3 is 2.68 bits per heavy atom. The number of ether oxygens (including phenoxy) is 1. The van der Waals surface area contributed by atoms with Crippen molar-refractivity contribution in [3.05, 3.63) is 28.2 Å². The smallest absolute Gasteiger partial charge is 0.271 e. The first-order chi connectivity index (χ1) is 10.4. The lowest BCUT2D eigenvalue weighted by molar-refractivity contribution is 0.0929. The zero-order chi connectivity index (χ0) is 16.5. The molecule has 0 radical (unpaired) electrons. The Kier molecular flexibility index (Phi) is 7.80. The minimum Gasteiger partial charge on any atom is -0.383 e. The van der Waals surface area contributed by atoms with Gasteiger partial charge in [-0.25, -0.2) is 4.68 Å². The molecule has 1 N–H and O–H groups in total. The van der Waals surface area contributed by atoms with Gasteiger partial charge in [-0.2, -0.15) is 5.10 Å². The third-order valence-electron chi connectivity index (χ3n) is 3.40. The van der Waals surface area contributed by atoms with Crippen LogP contribution in [-0.2, 0) is 11.3 Å². The van der Waals surface area contributed by atoms with Crippen molar-refractivity contribution < 1.29 is 9.53 Å². The lowest BCUT2D eigenvalue weighted by atomic mass is 10.0. The first kappa shape index (κ1) is 18.4. The summed E-state index contributed by atoms with van der Waals surface area (Å²) < 4.78 is 6.18. The van der Waals surface area contributed by atoms with Crippen LogP contribution in [0, 0.1) is 5.92 Å². The van der Waals surface area contributed by atoms with Gasteiger partial charge in [0.25, 0.3) is 11.5 Å². The van der Waals surface area contributed by atoms with E-state index in [1.54, 1.807) is 7.11 Å².